The molecule has 246 valence electrons. The molecule has 0 fully saturated rings. The molecule has 0 atom stereocenters. The van der Waals surface area contributed by atoms with Crippen LogP contribution in [0.3, 0.4) is 0 Å². The SMILES string of the molecule is CCCCCCCCCC(=O)O.CCCCCCCCCC(=O)O.CCCCCCCCCC(=O)O.CCC[CH2][SnH]. The zero-order valence-corrected chi connectivity index (χ0v) is 31.0. The number of aliphatic carboxylic acids is 3. The van der Waals surface area contributed by atoms with E-state index in [1.165, 1.54) is 136 Å². The van der Waals surface area contributed by atoms with Gasteiger partial charge in [-0.15, -0.1) is 0 Å². The van der Waals surface area contributed by atoms with Crippen molar-refractivity contribution in [3.63, 3.8) is 0 Å². The summed E-state index contributed by atoms with van der Waals surface area (Å²) in [5.41, 5.74) is 0. The van der Waals surface area contributed by atoms with Gasteiger partial charge in [-0.3, -0.25) is 14.4 Å². The Kier molecular flexibility index (Phi) is 53.1. The first-order valence-electron chi connectivity index (χ1n) is 17.1. The molecule has 0 saturated carbocycles. The van der Waals surface area contributed by atoms with Crippen LogP contribution in [-0.2, 0) is 14.4 Å². The molecule has 0 unspecified atom stereocenters. The summed E-state index contributed by atoms with van der Waals surface area (Å²) in [6, 6.07) is 0. The molecule has 0 rings (SSSR count). The molecule has 0 aliphatic rings. The molecule has 0 heterocycles. The predicted molar refractivity (Wildman–Crippen MR) is 178 cm³/mol. The van der Waals surface area contributed by atoms with E-state index in [1.54, 1.807) is 0 Å². The molecule has 41 heavy (non-hydrogen) atoms. The maximum atomic E-state index is 10.1. The summed E-state index contributed by atoms with van der Waals surface area (Å²) >= 11 is 1.45. The van der Waals surface area contributed by atoms with E-state index >= 15 is 0 Å². The van der Waals surface area contributed by atoms with E-state index in [0.29, 0.717) is 19.3 Å². The Hall–Kier alpha value is -0.791. The quantitative estimate of drug-likeness (QED) is 0.0614. The van der Waals surface area contributed by atoms with Crippen LogP contribution in [0.4, 0.5) is 0 Å². The Bertz CT molecular complexity index is 445. The summed E-state index contributed by atoms with van der Waals surface area (Å²) in [7, 11) is 0. The molecule has 0 saturated heterocycles. The number of carboxylic acids is 3. The topological polar surface area (TPSA) is 112 Å². The fourth-order valence-electron chi connectivity index (χ4n) is 3.90. The van der Waals surface area contributed by atoms with E-state index in [9.17, 15) is 14.4 Å². The van der Waals surface area contributed by atoms with E-state index in [2.05, 4.69) is 27.7 Å². The normalized spacial score (nSPS) is 9.88. The van der Waals surface area contributed by atoms with Crippen LogP contribution in [0.1, 0.15) is 195 Å². The van der Waals surface area contributed by atoms with Crippen molar-refractivity contribution in [2.75, 3.05) is 0 Å². The first-order valence-corrected chi connectivity index (χ1v) is 19.4. The van der Waals surface area contributed by atoms with Crippen LogP contribution < -0.4 is 0 Å². The number of rotatable bonds is 26. The zero-order chi connectivity index (χ0) is 31.8. The molecule has 6 nitrogen and oxygen atoms in total. The predicted octanol–water partition coefficient (Wildman–Crippen LogP) is 10.7. The monoisotopic (exact) mass is 694 g/mol. The van der Waals surface area contributed by atoms with Crippen molar-refractivity contribution in [1.29, 1.82) is 0 Å². The van der Waals surface area contributed by atoms with Crippen molar-refractivity contribution in [1.82, 2.24) is 0 Å². The zero-order valence-electron chi connectivity index (χ0n) is 27.7. The minimum absolute atomic E-state index is 0.341. The number of carbonyl (C=O) groups is 3. The fraction of sp³-hybridized carbons (Fsp3) is 0.912. The van der Waals surface area contributed by atoms with Gasteiger partial charge >= 0.3 is 64.6 Å². The van der Waals surface area contributed by atoms with Crippen molar-refractivity contribution >= 4 is 40.4 Å². The standard InChI is InChI=1S/3C10H20O2.C4H9.Sn.H/c3*1-2-3-4-5-6-7-8-9-10(11)12;1-3-4-2;;/h3*2-9H2,1H3,(H,11,12);1,3-4H2,2H3;;. The molecule has 0 amide bonds. The third kappa shape index (κ3) is 68.2. The van der Waals surface area contributed by atoms with Gasteiger partial charge in [0.2, 0.25) is 0 Å². The van der Waals surface area contributed by atoms with Crippen molar-refractivity contribution in [3.05, 3.63) is 0 Å². The Labute approximate surface area is 268 Å². The number of hydrogen-bond acceptors (Lipinski definition) is 3. The van der Waals surface area contributed by atoms with Crippen LogP contribution in [0.5, 0.6) is 0 Å². The van der Waals surface area contributed by atoms with Gasteiger partial charge in [-0.25, -0.2) is 0 Å². The van der Waals surface area contributed by atoms with Gasteiger partial charge in [-0.2, -0.15) is 0 Å². The Morgan fingerprint density at radius 1 is 0.366 bits per heavy atom. The van der Waals surface area contributed by atoms with E-state index in [-0.39, 0.29) is 0 Å². The van der Waals surface area contributed by atoms with Crippen molar-refractivity contribution in [2.45, 2.75) is 199 Å². The number of hydrogen-bond donors (Lipinski definition) is 3. The Balaban J connectivity index is -0.000000231. The number of unbranched alkanes of at least 4 members (excludes halogenated alkanes) is 19. The van der Waals surface area contributed by atoms with Gasteiger partial charge in [0.05, 0.1) is 0 Å². The second-order valence-electron chi connectivity index (χ2n) is 10.9. The van der Waals surface area contributed by atoms with Crippen LogP contribution >= 0.6 is 0 Å². The molecule has 0 bridgehead atoms. The van der Waals surface area contributed by atoms with Crippen LogP contribution in [0.25, 0.3) is 0 Å². The average molecular weight is 694 g/mol. The molecule has 3 N–H and O–H groups in total. The second kappa shape index (κ2) is 46.2. The average Bonchev–Trinajstić information content (AvgIpc) is 2.93. The molecule has 0 aromatic heterocycles. The molecule has 0 aliphatic heterocycles. The van der Waals surface area contributed by atoms with Gasteiger partial charge in [0, 0.05) is 19.3 Å². The summed E-state index contributed by atoms with van der Waals surface area (Å²) in [6.45, 7) is 8.83. The van der Waals surface area contributed by atoms with E-state index < -0.39 is 17.9 Å². The van der Waals surface area contributed by atoms with Gasteiger partial charge in [0.15, 0.2) is 0 Å². The van der Waals surface area contributed by atoms with Gasteiger partial charge < -0.3 is 15.3 Å². The molecule has 0 aromatic rings. The summed E-state index contributed by atoms with van der Waals surface area (Å²) in [5, 5.41) is 25.1. The van der Waals surface area contributed by atoms with Crippen LogP contribution in [0.2, 0.25) is 4.44 Å². The van der Waals surface area contributed by atoms with Crippen molar-refractivity contribution < 1.29 is 29.7 Å². The van der Waals surface area contributed by atoms with Crippen LogP contribution in [-0.4, -0.2) is 55.8 Å². The van der Waals surface area contributed by atoms with Crippen molar-refractivity contribution in [2.24, 2.45) is 0 Å². The Morgan fingerprint density at radius 3 is 0.707 bits per heavy atom. The summed E-state index contributed by atoms with van der Waals surface area (Å²) < 4.78 is 1.47. The molecule has 2 radical (unpaired) electrons. The summed E-state index contributed by atoms with van der Waals surface area (Å²) in [5.74, 6) is -1.99. The third-order valence-electron chi connectivity index (χ3n) is 6.54. The van der Waals surface area contributed by atoms with Crippen molar-refractivity contribution in [3.8, 4) is 0 Å². The third-order valence-corrected chi connectivity index (χ3v) is 7.71. The molecule has 0 aliphatic carbocycles. The van der Waals surface area contributed by atoms with Gasteiger partial charge in [0.1, 0.15) is 0 Å². The van der Waals surface area contributed by atoms with Gasteiger partial charge in [-0.1, -0.05) is 136 Å². The number of carboxylic acid groups (broad SMARTS) is 3. The summed E-state index contributed by atoms with van der Waals surface area (Å²) in [6.07, 6.45) is 28.8. The first-order chi connectivity index (χ1) is 19.7. The van der Waals surface area contributed by atoms with Gasteiger partial charge in [-0.05, 0) is 19.3 Å². The van der Waals surface area contributed by atoms with E-state index in [4.69, 9.17) is 15.3 Å². The van der Waals surface area contributed by atoms with E-state index in [0.717, 1.165) is 38.5 Å². The molecule has 0 aromatic carbocycles. The minimum atomic E-state index is -0.663. The second-order valence-corrected chi connectivity index (χ2v) is 12.6. The first kappa shape index (κ1) is 47.1. The van der Waals surface area contributed by atoms with E-state index in [1.807, 2.05) is 0 Å². The molecule has 7 heteroatoms. The molecular formula is C34H70O6Sn. The Morgan fingerprint density at radius 2 is 0.561 bits per heavy atom. The molecular weight excluding hydrogens is 623 g/mol. The van der Waals surface area contributed by atoms with Crippen LogP contribution in [0.15, 0.2) is 0 Å². The van der Waals surface area contributed by atoms with Gasteiger partial charge in [0.25, 0.3) is 0 Å². The maximum absolute atomic E-state index is 10.1. The summed E-state index contributed by atoms with van der Waals surface area (Å²) in [4.78, 5) is 30.4. The van der Waals surface area contributed by atoms with Crippen LogP contribution in [0, 0.1) is 0 Å². The fourth-order valence-corrected chi connectivity index (χ4v) is 5.07. The molecule has 0 spiro atoms.